The van der Waals surface area contributed by atoms with Gasteiger partial charge in [-0.05, 0) is 30.7 Å². The summed E-state index contributed by atoms with van der Waals surface area (Å²) < 4.78 is 24.8. The van der Waals surface area contributed by atoms with E-state index in [2.05, 4.69) is 16.2 Å². The van der Waals surface area contributed by atoms with E-state index in [0.717, 1.165) is 5.56 Å². The van der Waals surface area contributed by atoms with Gasteiger partial charge in [-0.25, -0.2) is 9.37 Å². The van der Waals surface area contributed by atoms with Gasteiger partial charge < -0.3 is 20.5 Å². The minimum absolute atomic E-state index is 0.00997. The third kappa shape index (κ3) is 4.49. The number of nitrogen functional groups attached to an aromatic ring is 1. The number of aromatic nitrogens is 1. The van der Waals surface area contributed by atoms with E-state index in [1.807, 2.05) is 0 Å². The number of benzene rings is 1. The van der Waals surface area contributed by atoms with Gasteiger partial charge in [0.25, 0.3) is 5.91 Å². The quantitative estimate of drug-likeness (QED) is 0.588. The molecule has 26 heavy (non-hydrogen) atoms. The van der Waals surface area contributed by atoms with Crippen LogP contribution in [0, 0.1) is 25.1 Å². The minimum Gasteiger partial charge on any atom is -0.489 e. The first kappa shape index (κ1) is 19.2. The predicted octanol–water partition coefficient (Wildman–Crippen LogP) is 2.91. The predicted molar refractivity (Wildman–Crippen MR) is 97.4 cm³/mol. The molecule has 0 aliphatic rings. The van der Waals surface area contributed by atoms with Gasteiger partial charge >= 0.3 is 0 Å². The van der Waals surface area contributed by atoms with Crippen molar-refractivity contribution in [2.45, 2.75) is 20.0 Å². The Morgan fingerprint density at radius 1 is 1.46 bits per heavy atom. The molecule has 0 spiro atoms. The first-order chi connectivity index (χ1) is 12.5. The minimum atomic E-state index is -0.683. The molecule has 2 rings (SSSR count). The molecule has 3 N–H and O–H groups in total. The van der Waals surface area contributed by atoms with Gasteiger partial charge in [0.1, 0.15) is 5.82 Å². The largest absolute Gasteiger partial charge is 0.489 e. The Morgan fingerprint density at radius 2 is 2.23 bits per heavy atom. The number of pyridine rings is 1. The van der Waals surface area contributed by atoms with Crippen LogP contribution >= 0.6 is 0 Å². The number of ether oxygens (including phenoxy) is 2. The number of halogens is 1. The van der Waals surface area contributed by atoms with Gasteiger partial charge in [-0.15, -0.1) is 12.3 Å². The van der Waals surface area contributed by atoms with Gasteiger partial charge in [0.05, 0.1) is 30.2 Å². The molecule has 1 aromatic carbocycles. The number of nitrogens with zero attached hydrogens (tertiary/aromatic N) is 1. The number of carbonyl (C=O) groups excluding carboxylic acids is 1. The van der Waals surface area contributed by atoms with E-state index in [9.17, 15) is 9.18 Å². The fraction of sp³-hybridized carbons (Fsp3) is 0.263. The average Bonchev–Trinajstić information content (AvgIpc) is 2.61. The van der Waals surface area contributed by atoms with Crippen LogP contribution in [0.1, 0.15) is 28.0 Å². The number of anilines is 2. The smallest absolute Gasteiger partial charge is 0.259 e. The van der Waals surface area contributed by atoms with Crippen LogP contribution in [-0.2, 0) is 11.3 Å². The number of methoxy groups -OCH3 is 1. The van der Waals surface area contributed by atoms with E-state index in [1.165, 1.54) is 12.1 Å². The molecule has 1 amide bonds. The second-order valence-corrected chi connectivity index (χ2v) is 5.49. The zero-order valence-corrected chi connectivity index (χ0v) is 14.6. The third-order valence-corrected chi connectivity index (χ3v) is 3.59. The molecule has 0 atom stereocenters. The van der Waals surface area contributed by atoms with Crippen molar-refractivity contribution >= 4 is 17.4 Å². The maximum atomic E-state index is 14.5. The number of terminal acetylenes is 1. The van der Waals surface area contributed by atoms with E-state index in [0.29, 0.717) is 12.1 Å². The Labute approximate surface area is 151 Å². The second kappa shape index (κ2) is 8.83. The van der Waals surface area contributed by atoms with Crippen molar-refractivity contribution in [3.63, 3.8) is 0 Å². The molecule has 136 valence electrons. The summed E-state index contributed by atoms with van der Waals surface area (Å²) in [4.78, 5) is 16.7. The molecule has 0 aliphatic heterocycles. The zero-order chi connectivity index (χ0) is 19.1. The standard InChI is InChI=1S/C19H20FN3O3/c1-4-5-9-26-16-8-6-7-14(17(16)20)23-19(24)13-10-12(2)15(11-25-3)22-18(13)21/h1,6-8,10H,5,9,11H2,2-3H3,(H2,21,22)(H,23,24). The van der Waals surface area contributed by atoms with Crippen molar-refractivity contribution in [3.05, 3.63) is 46.9 Å². The summed E-state index contributed by atoms with van der Waals surface area (Å²) in [5.74, 6) is 1.21. The molecule has 6 nitrogen and oxygen atoms in total. The number of nitrogens with one attached hydrogen (secondary N) is 1. The SMILES string of the molecule is C#CCCOc1cccc(NC(=O)c2cc(C)c(COC)nc2N)c1F. The molecular weight excluding hydrogens is 337 g/mol. The van der Waals surface area contributed by atoms with Gasteiger partial charge in [0.2, 0.25) is 0 Å². The molecule has 0 saturated carbocycles. The van der Waals surface area contributed by atoms with Crippen LogP contribution in [0.2, 0.25) is 0 Å². The van der Waals surface area contributed by atoms with Crippen LogP contribution in [0.4, 0.5) is 15.9 Å². The molecule has 0 saturated heterocycles. The number of aryl methyl sites for hydroxylation is 1. The number of carbonyl (C=O) groups is 1. The molecule has 0 unspecified atom stereocenters. The van der Waals surface area contributed by atoms with E-state index in [-0.39, 0.29) is 36.0 Å². The molecule has 0 bridgehead atoms. The van der Waals surface area contributed by atoms with Crippen LogP contribution in [0.15, 0.2) is 24.3 Å². The summed E-state index contributed by atoms with van der Waals surface area (Å²) in [5, 5.41) is 2.49. The maximum absolute atomic E-state index is 14.5. The van der Waals surface area contributed by atoms with Gasteiger partial charge in [-0.3, -0.25) is 4.79 Å². The third-order valence-electron chi connectivity index (χ3n) is 3.59. The van der Waals surface area contributed by atoms with Crippen LogP contribution in [0.25, 0.3) is 0 Å². The molecule has 0 radical (unpaired) electrons. The molecule has 1 aromatic heterocycles. The van der Waals surface area contributed by atoms with Crippen molar-refractivity contribution < 1.29 is 18.7 Å². The van der Waals surface area contributed by atoms with Crippen molar-refractivity contribution in [1.29, 1.82) is 0 Å². The molecule has 2 aromatic rings. The highest BCUT2D eigenvalue weighted by Crippen LogP contribution is 2.26. The molecule has 1 heterocycles. The summed E-state index contributed by atoms with van der Waals surface area (Å²) in [6, 6.07) is 6.05. The van der Waals surface area contributed by atoms with E-state index < -0.39 is 11.7 Å². The van der Waals surface area contributed by atoms with Crippen LogP contribution in [0.3, 0.4) is 0 Å². The lowest BCUT2D eigenvalue weighted by Gasteiger charge is -2.13. The summed E-state index contributed by atoms with van der Waals surface area (Å²) >= 11 is 0. The average molecular weight is 357 g/mol. The normalized spacial score (nSPS) is 10.2. The monoisotopic (exact) mass is 357 g/mol. The summed E-state index contributed by atoms with van der Waals surface area (Å²) in [6.07, 6.45) is 5.49. The Balaban J connectivity index is 2.21. The molecule has 0 aliphatic carbocycles. The van der Waals surface area contributed by atoms with Gasteiger partial charge in [-0.1, -0.05) is 6.07 Å². The number of hydrogen-bond acceptors (Lipinski definition) is 5. The van der Waals surface area contributed by atoms with Crippen molar-refractivity contribution in [3.8, 4) is 18.1 Å². The lowest BCUT2D eigenvalue weighted by molar-refractivity contribution is 0.102. The highest BCUT2D eigenvalue weighted by molar-refractivity contribution is 6.07. The van der Waals surface area contributed by atoms with Crippen LogP contribution in [-0.4, -0.2) is 24.6 Å². The fourth-order valence-electron chi connectivity index (χ4n) is 2.26. The summed E-state index contributed by atoms with van der Waals surface area (Å²) in [5.41, 5.74) is 7.37. The van der Waals surface area contributed by atoms with E-state index in [1.54, 1.807) is 26.2 Å². The highest BCUT2D eigenvalue weighted by atomic mass is 19.1. The number of hydrogen-bond donors (Lipinski definition) is 2. The van der Waals surface area contributed by atoms with Crippen LogP contribution in [0.5, 0.6) is 5.75 Å². The Bertz CT molecular complexity index is 847. The Hall–Kier alpha value is -3.11. The van der Waals surface area contributed by atoms with Crippen molar-refractivity contribution in [2.24, 2.45) is 0 Å². The van der Waals surface area contributed by atoms with Crippen LogP contribution < -0.4 is 15.8 Å². The number of amides is 1. The molecule has 7 heteroatoms. The lowest BCUT2D eigenvalue weighted by atomic mass is 10.1. The number of rotatable bonds is 7. The Morgan fingerprint density at radius 3 is 2.92 bits per heavy atom. The van der Waals surface area contributed by atoms with Gasteiger partial charge in [0, 0.05) is 13.5 Å². The first-order valence-electron chi connectivity index (χ1n) is 7.89. The van der Waals surface area contributed by atoms with Crippen molar-refractivity contribution in [1.82, 2.24) is 4.98 Å². The van der Waals surface area contributed by atoms with Gasteiger partial charge in [0.15, 0.2) is 11.6 Å². The van der Waals surface area contributed by atoms with Gasteiger partial charge in [-0.2, -0.15) is 0 Å². The lowest BCUT2D eigenvalue weighted by Crippen LogP contribution is -2.17. The highest BCUT2D eigenvalue weighted by Gasteiger charge is 2.17. The maximum Gasteiger partial charge on any atom is 0.259 e. The summed E-state index contributed by atoms with van der Waals surface area (Å²) in [7, 11) is 1.54. The molecular formula is C19H20FN3O3. The Kier molecular flexibility index (Phi) is 6.53. The summed E-state index contributed by atoms with van der Waals surface area (Å²) in [6.45, 7) is 2.25. The number of nitrogens with two attached hydrogens (primary N) is 1. The first-order valence-corrected chi connectivity index (χ1v) is 7.89. The topological polar surface area (TPSA) is 86.5 Å². The second-order valence-electron chi connectivity index (χ2n) is 5.49. The van der Waals surface area contributed by atoms with E-state index in [4.69, 9.17) is 21.6 Å². The molecule has 0 fully saturated rings. The zero-order valence-electron chi connectivity index (χ0n) is 14.6. The fourth-order valence-corrected chi connectivity index (χ4v) is 2.26. The van der Waals surface area contributed by atoms with E-state index >= 15 is 0 Å². The van der Waals surface area contributed by atoms with Crippen molar-refractivity contribution in [2.75, 3.05) is 24.8 Å².